The van der Waals surface area contributed by atoms with E-state index in [-0.39, 0.29) is 17.6 Å². The van der Waals surface area contributed by atoms with Crippen LogP contribution in [0.5, 0.6) is 5.88 Å². The van der Waals surface area contributed by atoms with Gasteiger partial charge in [0.2, 0.25) is 15.9 Å². The van der Waals surface area contributed by atoms with Crippen molar-refractivity contribution < 1.29 is 22.3 Å². The zero-order valence-corrected chi connectivity index (χ0v) is 17.9. The van der Waals surface area contributed by atoms with Gasteiger partial charge in [0.15, 0.2) is 0 Å². The summed E-state index contributed by atoms with van der Waals surface area (Å²) in [5.41, 5.74) is 1.82. The number of nitrogens with one attached hydrogen (secondary N) is 2. The van der Waals surface area contributed by atoms with Crippen LogP contribution in [-0.4, -0.2) is 32.3 Å². The topological polar surface area (TPSA) is 97.4 Å². The summed E-state index contributed by atoms with van der Waals surface area (Å²) in [5.74, 6) is -0.603. The van der Waals surface area contributed by atoms with E-state index in [9.17, 15) is 17.6 Å². The molecule has 0 radical (unpaired) electrons. The second-order valence-corrected chi connectivity index (χ2v) is 9.16. The van der Waals surface area contributed by atoms with E-state index in [1.54, 1.807) is 26.0 Å². The molecule has 0 saturated heterocycles. The molecule has 1 aromatic heterocycles. The number of anilines is 1. The lowest BCUT2D eigenvalue weighted by molar-refractivity contribution is 0.256. The molecule has 0 spiro atoms. The zero-order chi connectivity index (χ0) is 21.8. The smallest absolute Gasteiger partial charge is 0.332 e. The molecule has 0 aliphatic heterocycles. The predicted molar refractivity (Wildman–Crippen MR) is 111 cm³/mol. The molecule has 1 aromatic carbocycles. The first-order valence-electron chi connectivity index (χ1n) is 9.17. The van der Waals surface area contributed by atoms with Crippen LogP contribution in [-0.2, 0) is 10.0 Å². The van der Waals surface area contributed by atoms with Crippen molar-refractivity contribution in [1.29, 1.82) is 0 Å². The van der Waals surface area contributed by atoms with Crippen LogP contribution >= 0.6 is 0 Å². The maximum absolute atomic E-state index is 14.3. The number of benzene rings is 1. The molecule has 1 heterocycles. The van der Waals surface area contributed by atoms with E-state index < -0.39 is 21.9 Å². The van der Waals surface area contributed by atoms with Gasteiger partial charge in [0.05, 0.1) is 18.6 Å². The Kier molecular flexibility index (Phi) is 7.18. The van der Waals surface area contributed by atoms with Crippen molar-refractivity contribution >= 4 is 21.7 Å². The molecular formula is C20H26FN3O4S. The molecule has 0 saturated carbocycles. The Morgan fingerprint density at radius 3 is 2.48 bits per heavy atom. The summed E-state index contributed by atoms with van der Waals surface area (Å²) in [5, 5.41) is 2.60. The van der Waals surface area contributed by atoms with Crippen LogP contribution in [0.2, 0.25) is 0 Å². The molecule has 0 aliphatic rings. The van der Waals surface area contributed by atoms with Gasteiger partial charge in [-0.15, -0.1) is 0 Å². The maximum atomic E-state index is 14.3. The van der Waals surface area contributed by atoms with Crippen molar-refractivity contribution in [3.05, 3.63) is 41.8 Å². The van der Waals surface area contributed by atoms with Crippen LogP contribution < -0.4 is 14.8 Å². The average Bonchev–Trinajstić information content (AvgIpc) is 2.60. The summed E-state index contributed by atoms with van der Waals surface area (Å²) in [6.07, 6.45) is 1.51. The molecule has 0 fully saturated rings. The second-order valence-electron chi connectivity index (χ2n) is 7.39. The summed E-state index contributed by atoms with van der Waals surface area (Å²) < 4.78 is 45.6. The van der Waals surface area contributed by atoms with Crippen LogP contribution in [0.15, 0.2) is 30.5 Å². The lowest BCUT2D eigenvalue weighted by Crippen LogP contribution is -2.37. The van der Waals surface area contributed by atoms with Crippen LogP contribution in [0.4, 0.5) is 14.9 Å². The lowest BCUT2D eigenvalue weighted by atomic mass is 9.94. The molecule has 2 amide bonds. The van der Waals surface area contributed by atoms with Crippen LogP contribution in [0.3, 0.4) is 0 Å². The van der Waals surface area contributed by atoms with E-state index in [0.29, 0.717) is 28.3 Å². The Morgan fingerprint density at radius 1 is 1.21 bits per heavy atom. The predicted octanol–water partition coefficient (Wildman–Crippen LogP) is 4.13. The summed E-state index contributed by atoms with van der Waals surface area (Å²) in [7, 11) is -2.33. The molecule has 7 nitrogen and oxygen atoms in total. The Labute approximate surface area is 170 Å². The highest BCUT2D eigenvalue weighted by molar-refractivity contribution is 7.90. The third kappa shape index (κ3) is 6.15. The summed E-state index contributed by atoms with van der Waals surface area (Å²) in [6.45, 7) is 7.18. The molecule has 0 unspecified atom stereocenters. The minimum Gasteiger partial charge on any atom is -0.481 e. The van der Waals surface area contributed by atoms with Gasteiger partial charge in [-0.2, -0.15) is 0 Å². The second kappa shape index (κ2) is 9.21. The molecule has 158 valence electrons. The zero-order valence-electron chi connectivity index (χ0n) is 17.1. The number of ether oxygens (including phenoxy) is 1. The fraction of sp³-hybridized carbons (Fsp3) is 0.400. The number of pyridine rings is 1. The average molecular weight is 424 g/mol. The van der Waals surface area contributed by atoms with Gasteiger partial charge in [0.1, 0.15) is 5.82 Å². The quantitative estimate of drug-likeness (QED) is 0.698. The molecule has 0 atom stereocenters. The number of urea groups is 1. The minimum atomic E-state index is -3.80. The number of amides is 2. The van der Waals surface area contributed by atoms with E-state index in [2.05, 4.69) is 10.3 Å². The van der Waals surface area contributed by atoms with Gasteiger partial charge in [-0.05, 0) is 41.2 Å². The number of carbonyl (C=O) groups excluding carboxylic acids is 1. The highest BCUT2D eigenvalue weighted by Gasteiger charge is 2.21. The monoisotopic (exact) mass is 423 g/mol. The van der Waals surface area contributed by atoms with E-state index in [0.717, 1.165) is 0 Å². The Balaban J connectivity index is 2.50. The molecule has 0 bridgehead atoms. The van der Waals surface area contributed by atoms with Crippen molar-refractivity contribution in [3.63, 3.8) is 0 Å². The molecule has 2 aromatic rings. The van der Waals surface area contributed by atoms with Gasteiger partial charge < -0.3 is 10.1 Å². The Hall–Kier alpha value is -2.68. The number of rotatable bonds is 7. The van der Waals surface area contributed by atoms with Crippen LogP contribution in [0.1, 0.15) is 39.2 Å². The van der Waals surface area contributed by atoms with Gasteiger partial charge in [0, 0.05) is 17.8 Å². The molecule has 9 heteroatoms. The Bertz CT molecular complexity index is 991. The van der Waals surface area contributed by atoms with Gasteiger partial charge >= 0.3 is 6.03 Å². The highest BCUT2D eigenvalue weighted by atomic mass is 32.2. The van der Waals surface area contributed by atoms with Gasteiger partial charge in [0.25, 0.3) is 0 Å². The lowest BCUT2D eigenvalue weighted by Gasteiger charge is -2.19. The first kappa shape index (κ1) is 22.6. The number of sulfonamides is 1. The molecule has 2 N–H and O–H groups in total. The highest BCUT2D eigenvalue weighted by Crippen LogP contribution is 2.36. The SMILES string of the molecule is COc1cc(-c2cc(F)cc(C(C)C)c2NC(=O)NS(=O)(=O)CC(C)C)ccn1. The van der Waals surface area contributed by atoms with Crippen LogP contribution in [0, 0.1) is 11.7 Å². The third-order valence-corrected chi connectivity index (χ3v) is 5.65. The normalized spacial score (nSPS) is 11.6. The number of halogens is 1. The van der Waals surface area contributed by atoms with E-state index in [4.69, 9.17) is 4.74 Å². The minimum absolute atomic E-state index is 0.129. The van der Waals surface area contributed by atoms with E-state index in [1.807, 2.05) is 18.6 Å². The van der Waals surface area contributed by atoms with Gasteiger partial charge in [-0.1, -0.05) is 27.7 Å². The number of hydrogen-bond donors (Lipinski definition) is 2. The van der Waals surface area contributed by atoms with Crippen molar-refractivity contribution in [1.82, 2.24) is 9.71 Å². The number of hydrogen-bond acceptors (Lipinski definition) is 5. The third-order valence-electron chi connectivity index (χ3n) is 4.05. The molecule has 2 rings (SSSR count). The Morgan fingerprint density at radius 2 is 1.90 bits per heavy atom. The number of nitrogens with zero attached hydrogens (tertiary/aromatic N) is 1. The maximum Gasteiger partial charge on any atom is 0.332 e. The fourth-order valence-corrected chi connectivity index (χ4v) is 4.19. The van der Waals surface area contributed by atoms with Crippen molar-refractivity contribution in [2.24, 2.45) is 5.92 Å². The standard InChI is InChI=1S/C20H26FN3O4S/c1-12(2)11-29(26,27)24-20(25)23-19-16(13(3)4)9-15(21)10-17(19)14-6-7-22-18(8-14)28-5/h6-10,12-13H,11H2,1-5H3,(H2,23,24,25). The van der Waals surface area contributed by atoms with Crippen molar-refractivity contribution in [2.75, 3.05) is 18.2 Å². The number of aromatic nitrogens is 1. The van der Waals surface area contributed by atoms with E-state index in [1.165, 1.54) is 25.4 Å². The summed E-state index contributed by atoms with van der Waals surface area (Å²) >= 11 is 0. The first-order valence-corrected chi connectivity index (χ1v) is 10.8. The summed E-state index contributed by atoms with van der Waals surface area (Å²) in [4.78, 5) is 16.5. The van der Waals surface area contributed by atoms with Crippen molar-refractivity contribution in [2.45, 2.75) is 33.6 Å². The summed E-state index contributed by atoms with van der Waals surface area (Å²) in [6, 6.07) is 4.96. The number of methoxy groups -OCH3 is 1. The largest absolute Gasteiger partial charge is 0.481 e. The van der Waals surface area contributed by atoms with Crippen molar-refractivity contribution in [3.8, 4) is 17.0 Å². The van der Waals surface area contributed by atoms with Gasteiger partial charge in [-0.3, -0.25) is 0 Å². The van der Waals surface area contributed by atoms with E-state index >= 15 is 0 Å². The molecular weight excluding hydrogens is 397 g/mol. The molecule has 29 heavy (non-hydrogen) atoms. The molecule has 0 aliphatic carbocycles. The number of carbonyl (C=O) groups is 1. The van der Waals surface area contributed by atoms with Gasteiger partial charge in [-0.25, -0.2) is 27.3 Å². The fourth-order valence-electron chi connectivity index (χ4n) is 2.90. The first-order chi connectivity index (χ1) is 13.5. The van der Waals surface area contributed by atoms with Crippen LogP contribution in [0.25, 0.3) is 11.1 Å².